The molecule has 2 aromatic rings. The summed E-state index contributed by atoms with van der Waals surface area (Å²) in [6.45, 7) is 1.92. The van der Waals surface area contributed by atoms with Gasteiger partial charge in [0.05, 0.1) is 5.56 Å². The summed E-state index contributed by atoms with van der Waals surface area (Å²) < 4.78 is 5.19. The Bertz CT molecular complexity index is 508. The van der Waals surface area contributed by atoms with Gasteiger partial charge in [0.1, 0.15) is 5.58 Å². The third-order valence-corrected chi connectivity index (χ3v) is 2.14. The lowest BCUT2D eigenvalue weighted by Gasteiger charge is -1.90. The molecule has 0 saturated heterocycles. The molecule has 0 aliphatic carbocycles. The van der Waals surface area contributed by atoms with E-state index in [1.54, 1.807) is 6.07 Å². The molecule has 1 aromatic carbocycles. The molecule has 0 atom stereocenters. The summed E-state index contributed by atoms with van der Waals surface area (Å²) in [5.41, 5.74) is 1.93. The molecule has 0 saturated carbocycles. The van der Waals surface area contributed by atoms with E-state index in [2.05, 4.69) is 0 Å². The Morgan fingerprint density at radius 2 is 2.00 bits per heavy atom. The van der Waals surface area contributed by atoms with Crippen LogP contribution in [0.25, 0.3) is 11.0 Å². The molecule has 14 heavy (non-hydrogen) atoms. The van der Waals surface area contributed by atoms with Gasteiger partial charge < -0.3 is 4.42 Å². The second kappa shape index (κ2) is 3.10. The number of fused-ring (bicyclic) bond motifs is 1. The van der Waals surface area contributed by atoms with Crippen LogP contribution in [0.4, 0.5) is 0 Å². The van der Waals surface area contributed by atoms with Gasteiger partial charge in [-0.3, -0.25) is 9.59 Å². The van der Waals surface area contributed by atoms with Gasteiger partial charge in [-0.25, -0.2) is 0 Å². The quantitative estimate of drug-likeness (QED) is 0.679. The highest BCUT2D eigenvalue weighted by Crippen LogP contribution is 2.24. The van der Waals surface area contributed by atoms with Crippen molar-refractivity contribution in [1.82, 2.24) is 0 Å². The number of benzene rings is 1. The first-order valence-corrected chi connectivity index (χ1v) is 4.20. The summed E-state index contributed by atoms with van der Waals surface area (Å²) in [5, 5.41) is 0.696. The first-order chi connectivity index (χ1) is 6.76. The Hall–Kier alpha value is -1.90. The van der Waals surface area contributed by atoms with Crippen LogP contribution in [0.3, 0.4) is 0 Å². The van der Waals surface area contributed by atoms with Crippen LogP contribution in [0.2, 0.25) is 0 Å². The zero-order chi connectivity index (χ0) is 10.1. The SMILES string of the molecule is Cc1ccc2oc(C=O)c(C=O)c2c1. The van der Waals surface area contributed by atoms with E-state index in [1.165, 1.54) is 0 Å². The van der Waals surface area contributed by atoms with Crippen LogP contribution in [-0.4, -0.2) is 12.6 Å². The van der Waals surface area contributed by atoms with Crippen LogP contribution in [-0.2, 0) is 0 Å². The van der Waals surface area contributed by atoms with Crippen LogP contribution >= 0.6 is 0 Å². The maximum atomic E-state index is 10.8. The standard InChI is InChI=1S/C11H8O3/c1-7-2-3-10-8(4-7)9(5-12)11(6-13)14-10/h2-6H,1H3. The first kappa shape index (κ1) is 8.69. The summed E-state index contributed by atoms with van der Waals surface area (Å²) in [4.78, 5) is 21.3. The molecule has 0 N–H and O–H groups in total. The summed E-state index contributed by atoms with van der Waals surface area (Å²) >= 11 is 0. The predicted molar refractivity (Wildman–Crippen MR) is 51.7 cm³/mol. The average Bonchev–Trinajstić information content (AvgIpc) is 2.54. The van der Waals surface area contributed by atoms with Crippen molar-refractivity contribution < 1.29 is 14.0 Å². The van der Waals surface area contributed by atoms with Gasteiger partial charge in [-0.15, -0.1) is 0 Å². The third kappa shape index (κ3) is 1.14. The van der Waals surface area contributed by atoms with Crippen molar-refractivity contribution in [3.8, 4) is 0 Å². The molecule has 1 aromatic heterocycles. The third-order valence-electron chi connectivity index (χ3n) is 2.14. The van der Waals surface area contributed by atoms with Gasteiger partial charge in [-0.05, 0) is 19.1 Å². The zero-order valence-electron chi connectivity index (χ0n) is 7.61. The first-order valence-electron chi connectivity index (χ1n) is 4.20. The van der Waals surface area contributed by atoms with Crippen LogP contribution in [0.15, 0.2) is 22.6 Å². The van der Waals surface area contributed by atoms with Crippen molar-refractivity contribution in [2.45, 2.75) is 6.92 Å². The number of hydrogen-bond donors (Lipinski definition) is 0. The van der Waals surface area contributed by atoms with E-state index in [1.807, 2.05) is 19.1 Å². The highest BCUT2D eigenvalue weighted by molar-refractivity contribution is 6.03. The van der Waals surface area contributed by atoms with Gasteiger partial charge in [0.25, 0.3) is 0 Å². The smallest absolute Gasteiger partial charge is 0.186 e. The number of rotatable bonds is 2. The number of furan rings is 1. The fourth-order valence-corrected chi connectivity index (χ4v) is 1.46. The van der Waals surface area contributed by atoms with E-state index in [-0.39, 0.29) is 5.76 Å². The molecule has 0 radical (unpaired) electrons. The van der Waals surface area contributed by atoms with E-state index in [0.29, 0.717) is 29.1 Å². The highest BCUT2D eigenvalue weighted by Gasteiger charge is 2.12. The van der Waals surface area contributed by atoms with Crippen LogP contribution in [0.1, 0.15) is 26.5 Å². The van der Waals surface area contributed by atoms with Crippen molar-refractivity contribution in [2.75, 3.05) is 0 Å². The van der Waals surface area contributed by atoms with Crippen molar-refractivity contribution in [3.63, 3.8) is 0 Å². The van der Waals surface area contributed by atoms with Crippen LogP contribution in [0, 0.1) is 6.92 Å². The highest BCUT2D eigenvalue weighted by atomic mass is 16.3. The molecule has 0 amide bonds. The Balaban J connectivity index is 2.87. The largest absolute Gasteiger partial charge is 0.452 e. The second-order valence-corrected chi connectivity index (χ2v) is 3.12. The minimum atomic E-state index is 0.0978. The molecule has 70 valence electrons. The Morgan fingerprint density at radius 3 is 2.64 bits per heavy atom. The summed E-state index contributed by atoms with van der Waals surface area (Å²) in [6, 6.07) is 5.45. The minimum absolute atomic E-state index is 0.0978. The molecule has 0 fully saturated rings. The maximum Gasteiger partial charge on any atom is 0.186 e. The summed E-state index contributed by atoms with van der Waals surface area (Å²) in [7, 11) is 0. The normalized spacial score (nSPS) is 10.4. The monoisotopic (exact) mass is 188 g/mol. The van der Waals surface area contributed by atoms with E-state index in [9.17, 15) is 9.59 Å². The fourth-order valence-electron chi connectivity index (χ4n) is 1.46. The van der Waals surface area contributed by atoms with Gasteiger partial charge >= 0.3 is 0 Å². The number of aryl methyl sites for hydroxylation is 1. The van der Waals surface area contributed by atoms with Crippen LogP contribution in [0.5, 0.6) is 0 Å². The lowest BCUT2D eigenvalue weighted by molar-refractivity contribution is 0.108. The fraction of sp³-hybridized carbons (Fsp3) is 0.0909. The maximum absolute atomic E-state index is 10.8. The van der Waals surface area contributed by atoms with Gasteiger partial charge in [0, 0.05) is 5.39 Å². The average molecular weight is 188 g/mol. The van der Waals surface area contributed by atoms with Gasteiger partial charge in [-0.1, -0.05) is 11.6 Å². The van der Waals surface area contributed by atoms with Crippen molar-refractivity contribution in [3.05, 3.63) is 35.1 Å². The molecule has 1 heterocycles. The molecule has 0 bridgehead atoms. The van der Waals surface area contributed by atoms with Crippen molar-refractivity contribution >= 4 is 23.5 Å². The topological polar surface area (TPSA) is 47.3 Å². The van der Waals surface area contributed by atoms with E-state index >= 15 is 0 Å². The Morgan fingerprint density at radius 1 is 1.21 bits per heavy atom. The molecule has 0 spiro atoms. The predicted octanol–water partition coefficient (Wildman–Crippen LogP) is 2.37. The van der Waals surface area contributed by atoms with Crippen molar-refractivity contribution in [2.24, 2.45) is 0 Å². The number of carbonyl (C=O) groups is 2. The van der Waals surface area contributed by atoms with Gasteiger partial charge in [0.2, 0.25) is 0 Å². The van der Waals surface area contributed by atoms with E-state index < -0.39 is 0 Å². The molecule has 2 rings (SSSR count). The second-order valence-electron chi connectivity index (χ2n) is 3.12. The number of hydrogen-bond acceptors (Lipinski definition) is 3. The van der Waals surface area contributed by atoms with Crippen molar-refractivity contribution in [1.29, 1.82) is 0 Å². The number of carbonyl (C=O) groups excluding carboxylic acids is 2. The van der Waals surface area contributed by atoms with E-state index in [4.69, 9.17) is 4.42 Å². The molecule has 0 unspecified atom stereocenters. The van der Waals surface area contributed by atoms with Gasteiger partial charge in [-0.2, -0.15) is 0 Å². The zero-order valence-corrected chi connectivity index (χ0v) is 7.61. The lowest BCUT2D eigenvalue weighted by atomic mass is 10.1. The van der Waals surface area contributed by atoms with E-state index in [0.717, 1.165) is 5.56 Å². The molecule has 3 nitrogen and oxygen atoms in total. The molecular weight excluding hydrogens is 180 g/mol. The minimum Gasteiger partial charge on any atom is -0.452 e. The Kier molecular flexibility index (Phi) is 1.93. The molecule has 3 heteroatoms. The number of aldehydes is 2. The molecule has 0 aliphatic heterocycles. The summed E-state index contributed by atoms with van der Waals surface area (Å²) in [5.74, 6) is 0.0978. The summed E-state index contributed by atoms with van der Waals surface area (Å²) in [6.07, 6.45) is 1.20. The Labute approximate surface area is 80.3 Å². The van der Waals surface area contributed by atoms with Crippen LogP contribution < -0.4 is 0 Å². The molecule has 0 aliphatic rings. The molecular formula is C11H8O3. The van der Waals surface area contributed by atoms with Gasteiger partial charge in [0.15, 0.2) is 18.3 Å². The lowest BCUT2D eigenvalue weighted by Crippen LogP contribution is -1.83.